The van der Waals surface area contributed by atoms with Gasteiger partial charge < -0.3 is 19.9 Å². The van der Waals surface area contributed by atoms with Gasteiger partial charge in [0.2, 0.25) is 11.6 Å². The van der Waals surface area contributed by atoms with Crippen molar-refractivity contribution in [3.05, 3.63) is 86.2 Å². The summed E-state index contributed by atoms with van der Waals surface area (Å²) >= 11 is 0. The monoisotopic (exact) mass is 465 g/mol. The zero-order valence-electron chi connectivity index (χ0n) is 18.0. The first kappa shape index (κ1) is 23.7. The number of methoxy groups -OCH3 is 2. The number of azo groups is 1. The standard InChI is InChI=1S/C22H19N5O7/c1-33-15-9-8-12(11-16(15)34-2)10-14(23-18(28)13-6-4-3-5-7-13)19(29)27-26-17-20(30)24-22(32)25-21(17)31/h3-11H,1-2H3,(H,23,28)(H3,24,25,30,31,32). The minimum absolute atomic E-state index is 0.278. The lowest BCUT2D eigenvalue weighted by Gasteiger charge is -2.10. The summed E-state index contributed by atoms with van der Waals surface area (Å²) in [6.45, 7) is 0. The van der Waals surface area contributed by atoms with Crippen LogP contribution in [0.5, 0.6) is 17.4 Å². The minimum atomic E-state index is -1.06. The molecule has 1 aromatic heterocycles. The fourth-order valence-corrected chi connectivity index (χ4v) is 2.75. The summed E-state index contributed by atoms with van der Waals surface area (Å²) in [6.07, 6.45) is 1.32. The number of aromatic nitrogens is 2. The third-order valence-electron chi connectivity index (χ3n) is 4.37. The van der Waals surface area contributed by atoms with Gasteiger partial charge in [0.25, 0.3) is 11.5 Å². The van der Waals surface area contributed by atoms with Crippen molar-refractivity contribution >= 4 is 23.6 Å². The van der Waals surface area contributed by atoms with Crippen molar-refractivity contribution in [1.82, 2.24) is 15.3 Å². The first-order valence-electron chi connectivity index (χ1n) is 9.64. The Morgan fingerprint density at radius 2 is 1.71 bits per heavy atom. The molecule has 0 aliphatic rings. The zero-order chi connectivity index (χ0) is 24.7. The molecule has 2 aromatic carbocycles. The molecule has 0 radical (unpaired) electrons. The van der Waals surface area contributed by atoms with E-state index in [9.17, 15) is 24.3 Å². The van der Waals surface area contributed by atoms with E-state index in [1.54, 1.807) is 48.5 Å². The third-order valence-corrected chi connectivity index (χ3v) is 4.37. The van der Waals surface area contributed by atoms with Gasteiger partial charge in [-0.1, -0.05) is 24.3 Å². The summed E-state index contributed by atoms with van der Waals surface area (Å²) in [6, 6.07) is 12.9. The molecule has 0 saturated carbocycles. The van der Waals surface area contributed by atoms with Gasteiger partial charge in [-0.3, -0.25) is 24.4 Å². The quantitative estimate of drug-likeness (QED) is 0.304. The van der Waals surface area contributed by atoms with E-state index < -0.39 is 34.6 Å². The molecular weight excluding hydrogens is 446 g/mol. The summed E-state index contributed by atoms with van der Waals surface area (Å²) in [5, 5.41) is 19.0. The maximum absolute atomic E-state index is 12.8. The Balaban J connectivity index is 2.00. The molecule has 174 valence electrons. The Morgan fingerprint density at radius 3 is 2.35 bits per heavy atom. The number of nitrogens with zero attached hydrogens (tertiary/aromatic N) is 2. The van der Waals surface area contributed by atoms with Crippen molar-refractivity contribution < 1.29 is 24.2 Å². The predicted octanol–water partition coefficient (Wildman–Crippen LogP) is 1.87. The highest BCUT2D eigenvalue weighted by Gasteiger charge is 2.16. The van der Waals surface area contributed by atoms with E-state index in [2.05, 4.69) is 15.5 Å². The van der Waals surface area contributed by atoms with E-state index in [1.807, 2.05) is 9.97 Å². The predicted molar refractivity (Wildman–Crippen MR) is 120 cm³/mol. The summed E-state index contributed by atoms with van der Waals surface area (Å²) in [7, 11) is 2.91. The molecular formula is C22H19N5O7. The molecule has 0 atom stereocenters. The van der Waals surface area contributed by atoms with Gasteiger partial charge in [-0.05, 0) is 35.9 Å². The molecule has 12 heteroatoms. The zero-order valence-corrected chi connectivity index (χ0v) is 18.0. The number of amides is 2. The molecule has 0 aliphatic carbocycles. The fourth-order valence-electron chi connectivity index (χ4n) is 2.75. The molecule has 0 aliphatic heterocycles. The summed E-state index contributed by atoms with van der Waals surface area (Å²) in [5.41, 5.74) is -2.26. The van der Waals surface area contributed by atoms with E-state index in [0.29, 0.717) is 17.1 Å². The number of aromatic hydroxyl groups is 1. The summed E-state index contributed by atoms with van der Waals surface area (Å²) in [5.74, 6) is -1.68. The number of aromatic amines is 2. The Morgan fingerprint density at radius 1 is 1.00 bits per heavy atom. The second-order valence-corrected chi connectivity index (χ2v) is 6.60. The van der Waals surface area contributed by atoms with Crippen molar-refractivity contribution in [2.75, 3.05) is 14.2 Å². The van der Waals surface area contributed by atoms with Crippen LogP contribution in [0.25, 0.3) is 6.08 Å². The lowest BCUT2D eigenvalue weighted by Crippen LogP contribution is -2.26. The van der Waals surface area contributed by atoms with Gasteiger partial charge in [0.05, 0.1) is 14.2 Å². The van der Waals surface area contributed by atoms with Crippen LogP contribution < -0.4 is 26.0 Å². The average molecular weight is 465 g/mol. The van der Waals surface area contributed by atoms with Crippen LogP contribution in [0.2, 0.25) is 0 Å². The normalized spacial score (nSPS) is 11.3. The van der Waals surface area contributed by atoms with Crippen LogP contribution in [0.1, 0.15) is 15.9 Å². The highest BCUT2D eigenvalue weighted by atomic mass is 16.5. The minimum Gasteiger partial charge on any atom is -0.493 e. The number of benzene rings is 2. The van der Waals surface area contributed by atoms with Crippen LogP contribution in [0.3, 0.4) is 0 Å². The van der Waals surface area contributed by atoms with Crippen molar-refractivity contribution in [3.63, 3.8) is 0 Å². The first-order chi connectivity index (χ1) is 16.3. The van der Waals surface area contributed by atoms with Crippen LogP contribution in [0, 0.1) is 0 Å². The number of nitrogens with one attached hydrogen (secondary N) is 3. The molecule has 4 N–H and O–H groups in total. The third kappa shape index (κ3) is 5.62. The summed E-state index contributed by atoms with van der Waals surface area (Å²) < 4.78 is 10.4. The molecule has 12 nitrogen and oxygen atoms in total. The number of hydrogen-bond donors (Lipinski definition) is 4. The Bertz CT molecular complexity index is 1390. The smallest absolute Gasteiger partial charge is 0.328 e. The van der Waals surface area contributed by atoms with Crippen LogP contribution in [0.4, 0.5) is 5.69 Å². The van der Waals surface area contributed by atoms with Gasteiger partial charge in [0.1, 0.15) is 5.70 Å². The molecule has 3 aromatic rings. The van der Waals surface area contributed by atoms with Crippen molar-refractivity contribution in [1.29, 1.82) is 0 Å². The van der Waals surface area contributed by atoms with E-state index in [4.69, 9.17) is 9.47 Å². The maximum atomic E-state index is 12.8. The van der Waals surface area contributed by atoms with E-state index in [1.165, 1.54) is 20.3 Å². The molecule has 2 amide bonds. The number of carbonyl (C=O) groups is 2. The van der Waals surface area contributed by atoms with E-state index >= 15 is 0 Å². The van der Waals surface area contributed by atoms with E-state index in [0.717, 1.165) is 0 Å². The molecule has 0 saturated heterocycles. The fraction of sp³-hybridized carbons (Fsp3) is 0.0909. The Hall–Kier alpha value is -5.00. The number of hydrogen-bond acceptors (Lipinski definition) is 8. The topological polar surface area (TPSA) is 175 Å². The molecule has 1 heterocycles. The second-order valence-electron chi connectivity index (χ2n) is 6.60. The maximum Gasteiger partial charge on any atom is 0.328 e. The van der Waals surface area contributed by atoms with Gasteiger partial charge in [-0.15, -0.1) is 10.2 Å². The molecule has 34 heavy (non-hydrogen) atoms. The second kappa shape index (κ2) is 10.5. The van der Waals surface area contributed by atoms with Crippen molar-refractivity contribution in [2.24, 2.45) is 10.2 Å². The highest BCUT2D eigenvalue weighted by Crippen LogP contribution is 2.28. The van der Waals surface area contributed by atoms with Crippen LogP contribution >= 0.6 is 0 Å². The van der Waals surface area contributed by atoms with E-state index in [-0.39, 0.29) is 11.3 Å². The van der Waals surface area contributed by atoms with Crippen LogP contribution in [-0.2, 0) is 4.79 Å². The number of H-pyrrole nitrogens is 2. The van der Waals surface area contributed by atoms with Crippen LogP contribution in [-0.4, -0.2) is 41.1 Å². The Labute approximate surface area is 191 Å². The number of rotatable bonds is 7. The first-order valence-corrected chi connectivity index (χ1v) is 9.64. The van der Waals surface area contributed by atoms with Crippen molar-refractivity contribution in [2.45, 2.75) is 0 Å². The molecule has 0 unspecified atom stereocenters. The molecule has 0 fully saturated rings. The van der Waals surface area contributed by atoms with Crippen LogP contribution in [0.15, 0.2) is 74.0 Å². The van der Waals surface area contributed by atoms with Crippen molar-refractivity contribution in [3.8, 4) is 17.4 Å². The summed E-state index contributed by atoms with van der Waals surface area (Å²) in [4.78, 5) is 52.2. The largest absolute Gasteiger partial charge is 0.493 e. The molecule has 0 bridgehead atoms. The lowest BCUT2D eigenvalue weighted by molar-refractivity contribution is -0.115. The molecule has 3 rings (SSSR count). The highest BCUT2D eigenvalue weighted by molar-refractivity contribution is 6.05. The lowest BCUT2D eigenvalue weighted by atomic mass is 10.1. The molecule has 0 spiro atoms. The number of ether oxygens (including phenoxy) is 2. The average Bonchev–Trinajstić information content (AvgIpc) is 2.83. The van der Waals surface area contributed by atoms with Gasteiger partial charge in [0, 0.05) is 5.56 Å². The van der Waals surface area contributed by atoms with Gasteiger partial charge >= 0.3 is 11.6 Å². The van der Waals surface area contributed by atoms with Gasteiger partial charge in [0.15, 0.2) is 11.5 Å². The van der Waals surface area contributed by atoms with Gasteiger partial charge in [-0.2, -0.15) is 0 Å². The number of carbonyl (C=O) groups excluding carboxylic acids is 2. The Kier molecular flexibility index (Phi) is 7.34. The SMILES string of the molecule is COc1ccc(C=C(NC(=O)c2ccccc2)C(=O)N=Nc2c(O)[nH]c(=O)[nH]c2=O)cc1OC. The van der Waals surface area contributed by atoms with Gasteiger partial charge in [-0.25, -0.2) is 4.79 Å².